The van der Waals surface area contributed by atoms with E-state index in [0.29, 0.717) is 32.1 Å². The first-order valence-corrected chi connectivity index (χ1v) is 23.3. The van der Waals surface area contributed by atoms with E-state index in [0.717, 1.165) is 6.92 Å². The van der Waals surface area contributed by atoms with Gasteiger partial charge in [0.2, 0.25) is 65.0 Å². The summed E-state index contributed by atoms with van der Waals surface area (Å²) in [7, 11) is 0. The van der Waals surface area contributed by atoms with Crippen LogP contribution in [0.15, 0.2) is 0 Å². The average molecular weight is 994 g/mol. The van der Waals surface area contributed by atoms with E-state index in [1.165, 1.54) is 9.80 Å². The van der Waals surface area contributed by atoms with Crippen molar-refractivity contribution in [1.29, 1.82) is 0 Å². The van der Waals surface area contributed by atoms with Gasteiger partial charge in [-0.3, -0.25) is 62.3 Å². The monoisotopic (exact) mass is 993 g/mol. The van der Waals surface area contributed by atoms with Gasteiger partial charge in [-0.25, -0.2) is 0 Å². The van der Waals surface area contributed by atoms with Crippen LogP contribution in [0.5, 0.6) is 0 Å². The molecule has 3 aliphatic heterocycles. The summed E-state index contributed by atoms with van der Waals surface area (Å²) in [5, 5.41) is 50.4. The van der Waals surface area contributed by atoms with Crippen LogP contribution in [0.2, 0.25) is 0 Å². The zero-order chi connectivity index (χ0) is 52.4. The van der Waals surface area contributed by atoms with Crippen molar-refractivity contribution < 1.29 is 77.6 Å². The number of piperidine rings is 1. The summed E-state index contributed by atoms with van der Waals surface area (Å²) in [6.45, 7) is 4.89. The Morgan fingerprint density at radius 3 is 1.56 bits per heavy atom. The van der Waals surface area contributed by atoms with Crippen LogP contribution < -0.4 is 47.9 Å². The van der Waals surface area contributed by atoms with E-state index in [1.54, 1.807) is 27.7 Å². The van der Waals surface area contributed by atoms with Crippen molar-refractivity contribution in [1.82, 2.24) is 57.7 Å². The van der Waals surface area contributed by atoms with Crippen LogP contribution in [0.4, 0.5) is 0 Å². The van der Waals surface area contributed by atoms with Crippen molar-refractivity contribution in [2.45, 2.75) is 141 Å². The SMILES string of the molecule is CCC(C)C(=O)NC1CNC(=O)C2CCCN2C(=O)C(C(C)CC)NC(=O)C(C(C)O)NC(=O)CNC(=O)C(CC(=O)O)NC(=O)CNC(=O)C(CC(=O)O)NC(=O)CNC(=O)C2CCCCN2C1=O. The average Bonchev–Trinajstić information content (AvgIpc) is 3.82. The molecule has 0 aromatic carbocycles. The smallest absolute Gasteiger partial charge is 0.305 e. The predicted molar refractivity (Wildman–Crippen MR) is 241 cm³/mol. The van der Waals surface area contributed by atoms with Gasteiger partial charge >= 0.3 is 11.9 Å². The number of carbonyl (C=O) groups excluding carboxylic acids is 11. The first-order chi connectivity index (χ1) is 33.0. The zero-order valence-corrected chi connectivity index (χ0v) is 39.9. The normalized spacial score (nSPS) is 27.1. The van der Waals surface area contributed by atoms with Gasteiger partial charge in [0, 0.05) is 25.6 Å². The maximum atomic E-state index is 14.3. The number of aliphatic hydroxyl groups is 1. The number of rotatable bonds is 10. The number of fused-ring (bicyclic) bond motifs is 2. The molecule has 12 N–H and O–H groups in total. The number of carboxylic acid groups (broad SMARTS) is 2. The minimum atomic E-state index is -1.85. The maximum Gasteiger partial charge on any atom is 0.305 e. The summed E-state index contributed by atoms with van der Waals surface area (Å²) in [5.74, 6) is -14.4. The van der Waals surface area contributed by atoms with E-state index in [-0.39, 0.29) is 25.9 Å². The van der Waals surface area contributed by atoms with Crippen molar-refractivity contribution >= 4 is 76.9 Å². The quantitative estimate of drug-likeness (QED) is 0.0973. The third kappa shape index (κ3) is 16.9. The lowest BCUT2D eigenvalue weighted by Crippen LogP contribution is -2.62. The second-order valence-corrected chi connectivity index (χ2v) is 17.6. The topological polar surface area (TPSA) is 397 Å². The molecule has 0 aromatic rings. The molecule has 0 aliphatic carbocycles. The molecular formula is C43H67N11O16. The number of hydrogen-bond acceptors (Lipinski definition) is 14. The lowest BCUT2D eigenvalue weighted by Gasteiger charge is -2.37. The molecule has 0 bridgehead atoms. The van der Waals surface area contributed by atoms with Crippen LogP contribution in [0.1, 0.15) is 92.4 Å². The Labute approximate surface area is 403 Å². The van der Waals surface area contributed by atoms with Crippen molar-refractivity contribution in [2.75, 3.05) is 39.3 Å². The van der Waals surface area contributed by atoms with E-state index >= 15 is 0 Å². The van der Waals surface area contributed by atoms with E-state index in [9.17, 15) is 77.6 Å². The molecule has 3 heterocycles. The van der Waals surface area contributed by atoms with E-state index in [1.807, 2.05) is 0 Å². The number of aliphatic carboxylic acids is 2. The van der Waals surface area contributed by atoms with Crippen molar-refractivity contribution in [2.24, 2.45) is 11.8 Å². The van der Waals surface area contributed by atoms with Gasteiger partial charge in [-0.05, 0) is 51.4 Å². The van der Waals surface area contributed by atoms with Crippen LogP contribution in [0, 0.1) is 11.8 Å². The fourth-order valence-corrected chi connectivity index (χ4v) is 7.85. The standard InChI is InChI=1S/C43H67N11O16/c1-6-21(3)34-43(70)54-14-10-12-28(54)39(66)44-17-26(50-36(63)22(4)7-2)42(69)53-13-9-8-11-27(53)40(67)47-19-30(57)49-24(15-32(59)60)37(64)45-18-29(56)48-25(16-33(61)62)38(65)46-20-31(58)51-35(23(5)55)41(68)52-34/h21-28,34-35,55H,6-20H2,1-5H3,(H,44,66)(H,45,64)(H,46,65)(H,47,67)(H,48,56)(H,49,57)(H,50,63)(H,51,58)(H,52,68)(H,59,60)(H,61,62). The summed E-state index contributed by atoms with van der Waals surface area (Å²) in [6.07, 6.45) is -1.30. The third-order valence-electron chi connectivity index (χ3n) is 12.3. The van der Waals surface area contributed by atoms with Crippen LogP contribution in [0.3, 0.4) is 0 Å². The van der Waals surface area contributed by atoms with Crippen LogP contribution in [-0.2, 0) is 62.3 Å². The molecule has 70 heavy (non-hydrogen) atoms. The van der Waals surface area contributed by atoms with E-state index < -0.39 is 176 Å². The minimum Gasteiger partial charge on any atom is -0.481 e. The highest BCUT2D eigenvalue weighted by Gasteiger charge is 2.42. The summed E-state index contributed by atoms with van der Waals surface area (Å²) >= 11 is 0. The van der Waals surface area contributed by atoms with Gasteiger partial charge in [0.1, 0.15) is 42.3 Å². The Morgan fingerprint density at radius 1 is 0.586 bits per heavy atom. The highest BCUT2D eigenvalue weighted by molar-refractivity contribution is 5.99. The molecule has 11 amide bonds. The first-order valence-electron chi connectivity index (χ1n) is 23.3. The molecule has 10 atom stereocenters. The lowest BCUT2D eigenvalue weighted by molar-refractivity contribution is -0.146. The molecule has 3 aliphatic rings. The zero-order valence-electron chi connectivity index (χ0n) is 39.9. The number of hydrogen-bond donors (Lipinski definition) is 12. The number of nitrogens with zero attached hydrogens (tertiary/aromatic N) is 2. The lowest BCUT2D eigenvalue weighted by atomic mass is 9.96. The van der Waals surface area contributed by atoms with Gasteiger partial charge in [-0.1, -0.05) is 34.1 Å². The van der Waals surface area contributed by atoms with Gasteiger partial charge in [-0.15, -0.1) is 0 Å². The largest absolute Gasteiger partial charge is 0.481 e. The van der Waals surface area contributed by atoms with Crippen molar-refractivity contribution in [3.63, 3.8) is 0 Å². The van der Waals surface area contributed by atoms with Gasteiger partial charge in [0.05, 0.1) is 38.6 Å². The second kappa shape index (κ2) is 27.3. The molecule has 3 saturated heterocycles. The van der Waals surface area contributed by atoms with Crippen LogP contribution >= 0.6 is 0 Å². The van der Waals surface area contributed by atoms with Gasteiger partial charge in [-0.2, -0.15) is 0 Å². The van der Waals surface area contributed by atoms with Gasteiger partial charge in [0.15, 0.2) is 0 Å². The van der Waals surface area contributed by atoms with E-state index in [2.05, 4.69) is 47.9 Å². The third-order valence-corrected chi connectivity index (χ3v) is 12.3. The number of amides is 11. The highest BCUT2D eigenvalue weighted by Crippen LogP contribution is 2.23. The Hall–Kier alpha value is -6.93. The highest BCUT2D eigenvalue weighted by atomic mass is 16.4. The maximum absolute atomic E-state index is 14.3. The van der Waals surface area contributed by atoms with Gasteiger partial charge in [0.25, 0.3) is 0 Å². The number of carboxylic acids is 2. The van der Waals surface area contributed by atoms with Crippen LogP contribution in [0.25, 0.3) is 0 Å². The molecule has 3 rings (SSSR count). The fraction of sp³-hybridized carbons (Fsp3) is 0.698. The molecule has 27 nitrogen and oxygen atoms in total. The molecule has 10 unspecified atom stereocenters. The Morgan fingerprint density at radius 2 is 1.06 bits per heavy atom. The van der Waals surface area contributed by atoms with Gasteiger partial charge < -0.3 is 73.0 Å². The molecule has 27 heteroatoms. The Bertz CT molecular complexity index is 2000. The molecule has 0 aromatic heterocycles. The molecule has 0 radical (unpaired) electrons. The molecule has 0 spiro atoms. The van der Waals surface area contributed by atoms with Crippen molar-refractivity contribution in [3.8, 4) is 0 Å². The molecule has 3 fully saturated rings. The summed E-state index contributed by atoms with van der Waals surface area (Å²) in [5.41, 5.74) is 0. The number of carbonyl (C=O) groups is 13. The summed E-state index contributed by atoms with van der Waals surface area (Å²) in [6, 6.07) is -10.4. The Balaban J connectivity index is 2.02. The summed E-state index contributed by atoms with van der Waals surface area (Å²) < 4.78 is 0. The molecule has 0 saturated carbocycles. The Kier molecular flexibility index (Phi) is 22.4. The fourth-order valence-electron chi connectivity index (χ4n) is 7.85. The number of aliphatic hydroxyl groups excluding tert-OH is 1. The first kappa shape index (κ1) is 57.4. The molecule has 390 valence electrons. The summed E-state index contributed by atoms with van der Waals surface area (Å²) in [4.78, 5) is 174. The van der Waals surface area contributed by atoms with Crippen molar-refractivity contribution in [3.05, 3.63) is 0 Å². The number of nitrogens with one attached hydrogen (secondary N) is 9. The second-order valence-electron chi connectivity index (χ2n) is 17.6. The van der Waals surface area contributed by atoms with E-state index in [4.69, 9.17) is 0 Å². The van der Waals surface area contributed by atoms with Crippen LogP contribution in [-0.4, -0.2) is 190 Å². The minimum absolute atomic E-state index is 0.0378. The molecular weight excluding hydrogens is 927 g/mol. The predicted octanol–water partition coefficient (Wildman–Crippen LogP) is -5.32.